The summed E-state index contributed by atoms with van der Waals surface area (Å²) in [6.07, 6.45) is 0. The zero-order chi connectivity index (χ0) is 29.3. The van der Waals surface area contributed by atoms with Crippen LogP contribution in [0.15, 0.2) is 54.8 Å². The number of phenolic OH excluding ortho intramolecular Hbond substituents is 2. The molecule has 4 aromatic carbocycles. The highest BCUT2D eigenvalue weighted by atomic mass is 16.5. The molecule has 0 aliphatic rings. The van der Waals surface area contributed by atoms with Gasteiger partial charge in [-0.3, -0.25) is 9.59 Å². The molecule has 0 spiro atoms. The lowest BCUT2D eigenvalue weighted by Crippen LogP contribution is -2.09. The van der Waals surface area contributed by atoms with Gasteiger partial charge in [-0.1, -0.05) is 0 Å². The second kappa shape index (κ2) is 9.09. The standard InChI is InChI=1S/C31H24O10/c1-12-6-17(33)27-22(40-12)10-15-24(20(37-3)11-21(38-4)25(15)29(27)36)28-19(35)9-14-8-18(34)26-16(32)7-13(2)41-31(26)23(14)30(28)39-5/h6-11,32,34,36H,1-5H3. The second-order valence-corrected chi connectivity index (χ2v) is 9.62. The third-order valence-electron chi connectivity index (χ3n) is 7.17. The number of rotatable bonds is 4. The quantitative estimate of drug-likeness (QED) is 0.184. The van der Waals surface area contributed by atoms with Gasteiger partial charge in [-0.2, -0.15) is 0 Å². The van der Waals surface area contributed by atoms with Crippen LogP contribution in [0.5, 0.6) is 34.5 Å². The summed E-state index contributed by atoms with van der Waals surface area (Å²) in [6, 6.07) is 8.33. The van der Waals surface area contributed by atoms with E-state index in [1.807, 2.05) is 0 Å². The maximum atomic E-state index is 13.9. The van der Waals surface area contributed by atoms with Crippen LogP contribution >= 0.6 is 0 Å². The van der Waals surface area contributed by atoms with Crippen molar-refractivity contribution in [3.05, 3.63) is 68.4 Å². The van der Waals surface area contributed by atoms with Crippen LogP contribution in [0.1, 0.15) is 11.5 Å². The van der Waals surface area contributed by atoms with E-state index in [1.54, 1.807) is 13.8 Å². The highest BCUT2D eigenvalue weighted by molar-refractivity contribution is 6.17. The van der Waals surface area contributed by atoms with E-state index in [-0.39, 0.29) is 78.3 Å². The predicted molar refractivity (Wildman–Crippen MR) is 153 cm³/mol. The summed E-state index contributed by atoms with van der Waals surface area (Å²) in [7, 11) is 4.19. The molecule has 41 heavy (non-hydrogen) atoms. The van der Waals surface area contributed by atoms with Crippen molar-refractivity contribution in [1.82, 2.24) is 0 Å². The molecule has 2 aromatic heterocycles. The molecular formula is C31H24O10. The largest absolute Gasteiger partial charge is 0.507 e. The van der Waals surface area contributed by atoms with E-state index in [0.717, 1.165) is 0 Å². The van der Waals surface area contributed by atoms with Gasteiger partial charge in [0.1, 0.15) is 62.4 Å². The van der Waals surface area contributed by atoms with Crippen LogP contribution in [0.3, 0.4) is 0 Å². The number of aryl methyl sites for hydroxylation is 2. The van der Waals surface area contributed by atoms with Crippen LogP contribution in [-0.4, -0.2) is 36.6 Å². The minimum absolute atomic E-state index is 0.0402. The van der Waals surface area contributed by atoms with Crippen LogP contribution < -0.4 is 25.1 Å². The zero-order valence-electron chi connectivity index (χ0n) is 22.7. The molecule has 0 bridgehead atoms. The molecule has 0 saturated carbocycles. The Bertz CT molecular complexity index is 2210. The van der Waals surface area contributed by atoms with E-state index in [4.69, 9.17) is 23.0 Å². The first-order valence-corrected chi connectivity index (χ1v) is 12.4. The van der Waals surface area contributed by atoms with Crippen molar-refractivity contribution in [2.45, 2.75) is 13.8 Å². The van der Waals surface area contributed by atoms with Gasteiger partial charge < -0.3 is 38.4 Å². The molecule has 10 nitrogen and oxygen atoms in total. The fourth-order valence-electron chi connectivity index (χ4n) is 5.55. The van der Waals surface area contributed by atoms with E-state index >= 15 is 0 Å². The number of phenols is 2. The normalized spacial score (nSPS) is 11.5. The highest BCUT2D eigenvalue weighted by Gasteiger charge is 2.28. The van der Waals surface area contributed by atoms with Gasteiger partial charge in [-0.15, -0.1) is 0 Å². The number of aromatic hydroxyl groups is 3. The Morgan fingerprint density at radius 2 is 1.32 bits per heavy atom. The highest BCUT2D eigenvalue weighted by Crippen LogP contribution is 2.51. The average Bonchev–Trinajstić information content (AvgIpc) is 2.90. The van der Waals surface area contributed by atoms with E-state index in [1.165, 1.54) is 57.7 Å². The summed E-state index contributed by atoms with van der Waals surface area (Å²) >= 11 is 0. The van der Waals surface area contributed by atoms with Gasteiger partial charge in [-0.25, -0.2) is 0 Å². The number of methoxy groups -OCH3 is 3. The SMILES string of the molecule is COc1cc(OC)c2c(O)c3c(=O)cc(C)oc3cc2c1-c1c(OC)c2c(cc(O)c3c(O)cc(C)oc32)cc1=O. The van der Waals surface area contributed by atoms with Crippen molar-refractivity contribution in [2.24, 2.45) is 0 Å². The number of benzene rings is 4. The Kier molecular flexibility index (Phi) is 5.74. The van der Waals surface area contributed by atoms with Crippen molar-refractivity contribution in [3.63, 3.8) is 0 Å². The van der Waals surface area contributed by atoms with E-state index in [0.29, 0.717) is 22.3 Å². The monoisotopic (exact) mass is 556 g/mol. The third kappa shape index (κ3) is 3.64. The molecule has 2 heterocycles. The van der Waals surface area contributed by atoms with Crippen LogP contribution in [0.4, 0.5) is 0 Å². The van der Waals surface area contributed by atoms with Crippen molar-refractivity contribution >= 4 is 43.5 Å². The summed E-state index contributed by atoms with van der Waals surface area (Å²) < 4.78 is 28.9. The summed E-state index contributed by atoms with van der Waals surface area (Å²) in [5, 5.41) is 33.7. The first-order chi connectivity index (χ1) is 19.6. The number of ether oxygens (including phenoxy) is 3. The summed E-state index contributed by atoms with van der Waals surface area (Å²) in [5.41, 5.74) is -0.483. The Labute approximate surface area is 231 Å². The molecule has 0 radical (unpaired) electrons. The summed E-state index contributed by atoms with van der Waals surface area (Å²) in [4.78, 5) is 26.7. The van der Waals surface area contributed by atoms with Gasteiger partial charge >= 0.3 is 0 Å². The molecule has 0 amide bonds. The molecule has 208 valence electrons. The van der Waals surface area contributed by atoms with E-state index < -0.39 is 10.9 Å². The molecule has 10 heteroatoms. The minimum atomic E-state index is -0.500. The van der Waals surface area contributed by atoms with Crippen molar-refractivity contribution in [3.8, 4) is 45.6 Å². The van der Waals surface area contributed by atoms with Crippen molar-refractivity contribution < 1.29 is 38.4 Å². The van der Waals surface area contributed by atoms with Gasteiger partial charge in [0.15, 0.2) is 16.4 Å². The molecule has 6 rings (SSSR count). The summed E-state index contributed by atoms with van der Waals surface area (Å²) in [6.45, 7) is 3.24. The summed E-state index contributed by atoms with van der Waals surface area (Å²) in [5.74, 6) is 0.269. The van der Waals surface area contributed by atoms with Crippen LogP contribution in [0.2, 0.25) is 0 Å². The maximum absolute atomic E-state index is 13.9. The lowest BCUT2D eigenvalue weighted by atomic mass is 9.91. The molecule has 0 unspecified atom stereocenters. The predicted octanol–water partition coefficient (Wildman–Crippen LogP) is 5.63. The third-order valence-corrected chi connectivity index (χ3v) is 7.17. The lowest BCUT2D eigenvalue weighted by Gasteiger charge is -2.19. The van der Waals surface area contributed by atoms with Gasteiger partial charge in [-0.05, 0) is 37.4 Å². The molecule has 6 aromatic rings. The Hall–Kier alpha value is -5.38. The fraction of sp³-hybridized carbons (Fsp3) is 0.161. The number of hydrogen-bond donors (Lipinski definition) is 3. The molecule has 0 aliphatic carbocycles. The van der Waals surface area contributed by atoms with Gasteiger partial charge in [0.2, 0.25) is 0 Å². The first-order valence-electron chi connectivity index (χ1n) is 12.4. The van der Waals surface area contributed by atoms with E-state index in [2.05, 4.69) is 0 Å². The molecule has 0 fully saturated rings. The van der Waals surface area contributed by atoms with Crippen LogP contribution in [0.25, 0.3) is 54.6 Å². The molecule has 0 atom stereocenters. The van der Waals surface area contributed by atoms with Crippen molar-refractivity contribution in [2.75, 3.05) is 21.3 Å². The Morgan fingerprint density at radius 3 is 2.00 bits per heavy atom. The van der Waals surface area contributed by atoms with E-state index in [9.17, 15) is 24.9 Å². The first kappa shape index (κ1) is 25.9. The molecule has 0 saturated heterocycles. The Balaban J connectivity index is 1.90. The van der Waals surface area contributed by atoms with Gasteiger partial charge in [0.25, 0.3) is 0 Å². The second-order valence-electron chi connectivity index (χ2n) is 9.62. The van der Waals surface area contributed by atoms with Crippen LogP contribution in [0, 0.1) is 13.8 Å². The zero-order valence-corrected chi connectivity index (χ0v) is 22.7. The van der Waals surface area contributed by atoms with Crippen LogP contribution in [-0.2, 0) is 0 Å². The van der Waals surface area contributed by atoms with Crippen molar-refractivity contribution in [1.29, 1.82) is 0 Å². The smallest absolute Gasteiger partial charge is 0.196 e. The maximum Gasteiger partial charge on any atom is 0.196 e. The van der Waals surface area contributed by atoms with Gasteiger partial charge in [0.05, 0.1) is 37.7 Å². The lowest BCUT2D eigenvalue weighted by molar-refractivity contribution is 0.396. The topological polar surface area (TPSA) is 149 Å². The average molecular weight is 557 g/mol. The minimum Gasteiger partial charge on any atom is -0.507 e. The fourth-order valence-corrected chi connectivity index (χ4v) is 5.55. The number of fused-ring (bicyclic) bond motifs is 5. The van der Waals surface area contributed by atoms with Gasteiger partial charge in [0, 0.05) is 29.1 Å². The number of hydrogen-bond acceptors (Lipinski definition) is 10. The Morgan fingerprint density at radius 1 is 0.634 bits per heavy atom. The molecule has 0 aliphatic heterocycles. The molecular weight excluding hydrogens is 532 g/mol. The molecule has 3 N–H and O–H groups in total.